The van der Waals surface area contributed by atoms with Gasteiger partial charge in [0, 0.05) is 5.75 Å². The van der Waals surface area contributed by atoms with E-state index in [1.807, 2.05) is 49.6 Å². The molecule has 34 heavy (non-hydrogen) atoms. The van der Waals surface area contributed by atoms with Gasteiger partial charge in [0.2, 0.25) is 0 Å². The van der Waals surface area contributed by atoms with Crippen LogP contribution < -0.4 is 4.74 Å². The predicted molar refractivity (Wildman–Crippen MR) is 144 cm³/mol. The van der Waals surface area contributed by atoms with E-state index in [4.69, 9.17) is 14.2 Å². The van der Waals surface area contributed by atoms with E-state index in [-0.39, 0.29) is 12.1 Å². The lowest BCUT2D eigenvalue weighted by Gasteiger charge is -2.13. The molecule has 0 radical (unpaired) electrons. The average molecular weight is 487 g/mol. The second kappa shape index (κ2) is 17.5. The van der Waals surface area contributed by atoms with Gasteiger partial charge in [0.05, 0.1) is 25.4 Å². The van der Waals surface area contributed by atoms with Crippen LogP contribution in [0.5, 0.6) is 5.75 Å². The molecular formula is C29H42O4S. The van der Waals surface area contributed by atoms with Crippen LogP contribution in [0.4, 0.5) is 0 Å². The van der Waals surface area contributed by atoms with E-state index in [0.717, 1.165) is 35.7 Å². The zero-order valence-corrected chi connectivity index (χ0v) is 22.0. The van der Waals surface area contributed by atoms with Crippen LogP contribution in [-0.4, -0.2) is 43.9 Å². The lowest BCUT2D eigenvalue weighted by atomic mass is 10.0. The van der Waals surface area contributed by atoms with Crippen LogP contribution in [-0.2, 0) is 9.47 Å². The molecule has 0 spiro atoms. The summed E-state index contributed by atoms with van der Waals surface area (Å²) in [5.74, 6) is 1.52. The minimum atomic E-state index is -0.322. The van der Waals surface area contributed by atoms with Crippen LogP contribution >= 0.6 is 11.8 Å². The third-order valence-corrected chi connectivity index (χ3v) is 6.24. The SMILES string of the molecule is CCCCCCCCCCOc1ccc(-c2ccc(C(=O)OC(C)COCCSC)cc2)cc1. The first-order chi connectivity index (χ1) is 16.6. The molecule has 1 unspecified atom stereocenters. The van der Waals surface area contributed by atoms with E-state index in [1.54, 1.807) is 11.8 Å². The number of unbranched alkanes of at least 4 members (excludes halogenated alkanes) is 7. The molecule has 1 atom stereocenters. The number of thioether (sulfide) groups is 1. The van der Waals surface area contributed by atoms with Gasteiger partial charge in [0.25, 0.3) is 0 Å². The molecular weight excluding hydrogens is 444 g/mol. The summed E-state index contributed by atoms with van der Waals surface area (Å²) in [6.45, 7) is 5.96. The minimum absolute atomic E-state index is 0.271. The summed E-state index contributed by atoms with van der Waals surface area (Å²) in [5.41, 5.74) is 2.69. The lowest BCUT2D eigenvalue weighted by molar-refractivity contribution is 0.00485. The van der Waals surface area contributed by atoms with Gasteiger partial charge in [-0.2, -0.15) is 11.8 Å². The summed E-state index contributed by atoms with van der Waals surface area (Å²) in [4.78, 5) is 12.4. The summed E-state index contributed by atoms with van der Waals surface area (Å²) in [5, 5.41) is 0. The quantitative estimate of drug-likeness (QED) is 0.159. The Morgan fingerprint density at radius 2 is 1.41 bits per heavy atom. The zero-order valence-electron chi connectivity index (χ0n) is 21.2. The molecule has 0 bridgehead atoms. The van der Waals surface area contributed by atoms with Crippen LogP contribution in [0.15, 0.2) is 48.5 Å². The molecule has 0 aliphatic carbocycles. The number of hydrogen-bond acceptors (Lipinski definition) is 5. The normalized spacial score (nSPS) is 11.9. The number of rotatable bonds is 18. The Hall–Kier alpha value is -1.98. The number of hydrogen-bond donors (Lipinski definition) is 0. The highest BCUT2D eigenvalue weighted by molar-refractivity contribution is 7.98. The van der Waals surface area contributed by atoms with Crippen molar-refractivity contribution in [3.05, 3.63) is 54.1 Å². The maximum absolute atomic E-state index is 12.4. The van der Waals surface area contributed by atoms with Gasteiger partial charge in [0.15, 0.2) is 0 Å². The van der Waals surface area contributed by atoms with Gasteiger partial charge in [-0.25, -0.2) is 4.79 Å². The van der Waals surface area contributed by atoms with Crippen molar-refractivity contribution in [3.8, 4) is 16.9 Å². The first-order valence-electron chi connectivity index (χ1n) is 12.7. The van der Waals surface area contributed by atoms with E-state index in [0.29, 0.717) is 18.8 Å². The van der Waals surface area contributed by atoms with E-state index in [1.165, 1.54) is 44.9 Å². The molecule has 2 aromatic rings. The van der Waals surface area contributed by atoms with Crippen molar-refractivity contribution >= 4 is 17.7 Å². The highest BCUT2D eigenvalue weighted by Gasteiger charge is 2.12. The number of carbonyl (C=O) groups excluding carboxylic acids is 1. The van der Waals surface area contributed by atoms with Crippen LogP contribution in [0.3, 0.4) is 0 Å². The maximum Gasteiger partial charge on any atom is 0.338 e. The van der Waals surface area contributed by atoms with Gasteiger partial charge in [-0.1, -0.05) is 76.1 Å². The molecule has 0 fully saturated rings. The molecule has 188 valence electrons. The van der Waals surface area contributed by atoms with Crippen LogP contribution in [0.25, 0.3) is 11.1 Å². The van der Waals surface area contributed by atoms with Crippen LogP contribution in [0, 0.1) is 0 Å². The minimum Gasteiger partial charge on any atom is -0.494 e. The third kappa shape index (κ3) is 11.4. The van der Waals surface area contributed by atoms with Crippen molar-refractivity contribution in [2.45, 2.75) is 71.3 Å². The monoisotopic (exact) mass is 486 g/mol. The zero-order chi connectivity index (χ0) is 24.4. The Labute approximate surface area is 210 Å². The van der Waals surface area contributed by atoms with Gasteiger partial charge in [-0.15, -0.1) is 0 Å². The molecule has 0 aliphatic heterocycles. The fourth-order valence-electron chi connectivity index (χ4n) is 3.64. The second-order valence-electron chi connectivity index (χ2n) is 8.71. The summed E-state index contributed by atoms with van der Waals surface area (Å²) in [6, 6.07) is 15.7. The Bertz CT molecular complexity index is 789. The number of ether oxygens (including phenoxy) is 3. The summed E-state index contributed by atoms with van der Waals surface area (Å²) < 4.78 is 16.9. The van der Waals surface area contributed by atoms with Crippen molar-refractivity contribution in [2.24, 2.45) is 0 Å². The van der Waals surface area contributed by atoms with E-state index in [2.05, 4.69) is 19.1 Å². The fourth-order valence-corrected chi connectivity index (χ4v) is 3.93. The van der Waals surface area contributed by atoms with Gasteiger partial charge in [-0.05, 0) is 55.0 Å². The second-order valence-corrected chi connectivity index (χ2v) is 9.69. The lowest BCUT2D eigenvalue weighted by Crippen LogP contribution is -2.21. The predicted octanol–water partition coefficient (Wildman–Crippen LogP) is 7.80. The first kappa shape index (κ1) is 28.3. The van der Waals surface area contributed by atoms with E-state index in [9.17, 15) is 4.79 Å². The maximum atomic E-state index is 12.4. The van der Waals surface area contributed by atoms with Crippen LogP contribution in [0.2, 0.25) is 0 Å². The standard InChI is InChI=1S/C29H42O4S/c1-4-5-6-7-8-9-10-11-20-32-28-18-16-26(17-19-28)25-12-14-27(15-13-25)29(30)33-24(2)23-31-21-22-34-3/h12-19,24H,4-11,20-23H2,1-3H3. The van der Waals surface area contributed by atoms with Gasteiger partial charge < -0.3 is 14.2 Å². The molecule has 0 saturated carbocycles. The van der Waals surface area contributed by atoms with Crippen molar-refractivity contribution in [1.82, 2.24) is 0 Å². The molecule has 0 saturated heterocycles. The molecule has 4 nitrogen and oxygen atoms in total. The highest BCUT2D eigenvalue weighted by atomic mass is 32.2. The smallest absolute Gasteiger partial charge is 0.338 e. The van der Waals surface area contributed by atoms with Crippen molar-refractivity contribution < 1.29 is 19.0 Å². The van der Waals surface area contributed by atoms with Crippen molar-refractivity contribution in [1.29, 1.82) is 0 Å². The van der Waals surface area contributed by atoms with Crippen LogP contribution in [0.1, 0.15) is 75.6 Å². The molecule has 2 rings (SSSR count). The summed E-state index contributed by atoms with van der Waals surface area (Å²) in [7, 11) is 0. The Morgan fingerprint density at radius 3 is 2.03 bits per heavy atom. The largest absolute Gasteiger partial charge is 0.494 e. The average Bonchev–Trinajstić information content (AvgIpc) is 2.86. The van der Waals surface area contributed by atoms with E-state index < -0.39 is 0 Å². The number of esters is 1. The Balaban J connectivity index is 1.70. The van der Waals surface area contributed by atoms with E-state index >= 15 is 0 Å². The molecule has 0 amide bonds. The van der Waals surface area contributed by atoms with Gasteiger partial charge >= 0.3 is 5.97 Å². The summed E-state index contributed by atoms with van der Waals surface area (Å²) in [6.07, 6.45) is 12.2. The molecule has 5 heteroatoms. The highest BCUT2D eigenvalue weighted by Crippen LogP contribution is 2.23. The molecule has 0 heterocycles. The molecule has 2 aromatic carbocycles. The van der Waals surface area contributed by atoms with Gasteiger partial charge in [0.1, 0.15) is 11.9 Å². The van der Waals surface area contributed by atoms with Crippen molar-refractivity contribution in [3.63, 3.8) is 0 Å². The Kier molecular flexibility index (Phi) is 14.5. The molecule has 0 aromatic heterocycles. The Morgan fingerprint density at radius 1 is 0.824 bits per heavy atom. The fraction of sp³-hybridized carbons (Fsp3) is 0.552. The summed E-state index contributed by atoms with van der Waals surface area (Å²) >= 11 is 1.73. The van der Waals surface area contributed by atoms with Crippen molar-refractivity contribution in [2.75, 3.05) is 31.8 Å². The van der Waals surface area contributed by atoms with Gasteiger partial charge in [-0.3, -0.25) is 0 Å². The number of benzene rings is 2. The topological polar surface area (TPSA) is 44.8 Å². The molecule has 0 N–H and O–H groups in total. The number of carbonyl (C=O) groups is 1. The first-order valence-corrected chi connectivity index (χ1v) is 14.1. The third-order valence-electron chi connectivity index (χ3n) is 5.67. The molecule has 0 aliphatic rings.